The first-order valence-corrected chi connectivity index (χ1v) is 11.3. The number of carbonyl (C=O) groups excluding carboxylic acids is 3. The maximum absolute atomic E-state index is 13.9. The first-order valence-electron chi connectivity index (χ1n) is 10.6. The predicted octanol–water partition coefficient (Wildman–Crippen LogP) is 2.84. The number of hydrogen-bond acceptors (Lipinski definition) is 8. The standard InChI is InChI=1S/C24H27N5O5S/c1-24(2,3)27-22(32)19(13-5-9-15(30)10-6-13)29(14-7-11-16(34-4)12-8-14)23(33)20-17(25)18(21(26)31)28-35-20/h5-12,19,30H,25H2,1-4H3,(H2,26,31)(H,27,32). The Hall–Kier alpha value is -4.12. The highest BCUT2D eigenvalue weighted by atomic mass is 32.1. The largest absolute Gasteiger partial charge is 0.508 e. The van der Waals surface area contributed by atoms with Gasteiger partial charge in [0.15, 0.2) is 5.69 Å². The number of hydrogen-bond donors (Lipinski definition) is 4. The molecule has 0 aliphatic rings. The van der Waals surface area contributed by atoms with Gasteiger partial charge in [0.1, 0.15) is 22.4 Å². The van der Waals surface area contributed by atoms with E-state index in [0.29, 0.717) is 17.0 Å². The number of nitrogen functional groups attached to an aromatic ring is 1. The number of anilines is 2. The summed E-state index contributed by atoms with van der Waals surface area (Å²) in [6.45, 7) is 5.45. The minimum atomic E-state index is -1.16. The maximum Gasteiger partial charge on any atom is 0.273 e. The summed E-state index contributed by atoms with van der Waals surface area (Å²) in [5, 5.41) is 12.7. The van der Waals surface area contributed by atoms with E-state index in [1.807, 2.05) is 20.8 Å². The Morgan fingerprint density at radius 3 is 2.17 bits per heavy atom. The van der Waals surface area contributed by atoms with E-state index < -0.39 is 29.3 Å². The zero-order chi connectivity index (χ0) is 25.9. The van der Waals surface area contributed by atoms with Crippen LogP contribution in [0.5, 0.6) is 11.5 Å². The Morgan fingerprint density at radius 1 is 1.09 bits per heavy atom. The van der Waals surface area contributed by atoms with E-state index in [4.69, 9.17) is 16.2 Å². The number of carbonyl (C=O) groups is 3. The van der Waals surface area contributed by atoms with Crippen molar-refractivity contribution < 1.29 is 24.2 Å². The summed E-state index contributed by atoms with van der Waals surface area (Å²) in [5.41, 5.74) is 11.2. The van der Waals surface area contributed by atoms with E-state index in [9.17, 15) is 19.5 Å². The van der Waals surface area contributed by atoms with Gasteiger partial charge >= 0.3 is 0 Å². The number of phenols is 1. The molecule has 11 heteroatoms. The van der Waals surface area contributed by atoms with Gasteiger partial charge < -0.3 is 26.6 Å². The zero-order valence-corrected chi connectivity index (χ0v) is 20.6. The molecule has 3 amide bonds. The van der Waals surface area contributed by atoms with Crippen molar-refractivity contribution in [3.8, 4) is 11.5 Å². The topological polar surface area (TPSA) is 161 Å². The van der Waals surface area contributed by atoms with E-state index in [-0.39, 0.29) is 22.0 Å². The van der Waals surface area contributed by atoms with E-state index in [1.54, 1.807) is 36.4 Å². The van der Waals surface area contributed by atoms with Gasteiger partial charge in [-0.1, -0.05) is 12.1 Å². The van der Waals surface area contributed by atoms with Crippen molar-refractivity contribution >= 4 is 40.6 Å². The van der Waals surface area contributed by atoms with Crippen LogP contribution in [0.4, 0.5) is 11.4 Å². The Labute approximate surface area is 206 Å². The summed E-state index contributed by atoms with van der Waals surface area (Å²) in [5.74, 6) is -1.43. The Morgan fingerprint density at radius 2 is 1.69 bits per heavy atom. The average Bonchev–Trinajstić information content (AvgIpc) is 3.18. The molecule has 0 fully saturated rings. The molecule has 184 valence electrons. The lowest BCUT2D eigenvalue weighted by molar-refractivity contribution is -0.123. The fourth-order valence-corrected chi connectivity index (χ4v) is 4.12. The molecule has 0 saturated heterocycles. The SMILES string of the molecule is COc1ccc(N(C(=O)c2snc(C(N)=O)c2N)C(C(=O)NC(C)(C)C)c2ccc(O)cc2)cc1. The lowest BCUT2D eigenvalue weighted by Gasteiger charge is -2.33. The molecule has 35 heavy (non-hydrogen) atoms. The molecule has 0 spiro atoms. The number of nitrogens with one attached hydrogen (secondary N) is 1. The normalized spacial score (nSPS) is 12.0. The fraction of sp³-hybridized carbons (Fsp3) is 0.250. The van der Waals surface area contributed by atoms with Gasteiger partial charge in [-0.05, 0) is 74.3 Å². The number of nitrogens with zero attached hydrogens (tertiary/aromatic N) is 2. The molecule has 0 saturated carbocycles. The molecule has 0 aliphatic carbocycles. The molecular formula is C24H27N5O5S. The van der Waals surface area contributed by atoms with Gasteiger partial charge in [0, 0.05) is 11.2 Å². The van der Waals surface area contributed by atoms with Crippen LogP contribution in [-0.2, 0) is 4.79 Å². The number of aromatic nitrogens is 1. The fourth-order valence-electron chi connectivity index (χ4n) is 3.38. The molecule has 0 bridgehead atoms. The van der Waals surface area contributed by atoms with Crippen LogP contribution in [0.25, 0.3) is 0 Å². The number of primary amides is 1. The van der Waals surface area contributed by atoms with Crippen LogP contribution in [0.3, 0.4) is 0 Å². The molecule has 2 aromatic carbocycles. The van der Waals surface area contributed by atoms with E-state index in [1.165, 1.54) is 24.1 Å². The average molecular weight is 498 g/mol. The highest BCUT2D eigenvalue weighted by Gasteiger charge is 2.37. The van der Waals surface area contributed by atoms with Crippen LogP contribution in [0.2, 0.25) is 0 Å². The van der Waals surface area contributed by atoms with Crippen molar-refractivity contribution in [3.63, 3.8) is 0 Å². The Kier molecular flexibility index (Phi) is 7.30. The molecule has 10 nitrogen and oxygen atoms in total. The van der Waals surface area contributed by atoms with Crippen molar-refractivity contribution in [2.45, 2.75) is 32.4 Å². The summed E-state index contributed by atoms with van der Waals surface area (Å²) in [4.78, 5) is 40.4. The summed E-state index contributed by atoms with van der Waals surface area (Å²) in [7, 11) is 1.51. The highest BCUT2D eigenvalue weighted by Crippen LogP contribution is 2.34. The summed E-state index contributed by atoms with van der Waals surface area (Å²) in [6.07, 6.45) is 0. The maximum atomic E-state index is 13.9. The lowest BCUT2D eigenvalue weighted by atomic mass is 10.00. The molecule has 3 rings (SSSR count). The highest BCUT2D eigenvalue weighted by molar-refractivity contribution is 7.09. The molecule has 1 atom stereocenters. The van der Waals surface area contributed by atoms with Crippen LogP contribution in [0.1, 0.15) is 52.5 Å². The van der Waals surface area contributed by atoms with Crippen molar-refractivity contribution in [3.05, 3.63) is 64.7 Å². The number of phenolic OH excluding ortho intramolecular Hbond substituents is 1. The van der Waals surface area contributed by atoms with Crippen molar-refractivity contribution in [2.75, 3.05) is 17.7 Å². The number of ether oxygens (including phenoxy) is 1. The minimum Gasteiger partial charge on any atom is -0.508 e. The molecule has 3 aromatic rings. The quantitative estimate of drug-likeness (QED) is 0.390. The Balaban J connectivity index is 2.23. The van der Waals surface area contributed by atoms with E-state index in [0.717, 1.165) is 11.5 Å². The summed E-state index contributed by atoms with van der Waals surface area (Å²) in [6, 6.07) is 11.3. The second-order valence-corrected chi connectivity index (χ2v) is 9.52. The van der Waals surface area contributed by atoms with E-state index >= 15 is 0 Å². The van der Waals surface area contributed by atoms with Gasteiger partial charge in [0.2, 0.25) is 5.91 Å². The van der Waals surface area contributed by atoms with Crippen molar-refractivity contribution in [2.24, 2.45) is 5.73 Å². The van der Waals surface area contributed by atoms with Gasteiger partial charge in [-0.15, -0.1) is 0 Å². The number of methoxy groups -OCH3 is 1. The van der Waals surface area contributed by atoms with Gasteiger partial charge in [-0.2, -0.15) is 4.37 Å². The second kappa shape index (κ2) is 10.0. The number of aromatic hydroxyl groups is 1. The molecule has 1 aromatic heterocycles. The molecular weight excluding hydrogens is 470 g/mol. The number of nitrogens with two attached hydrogens (primary N) is 2. The van der Waals surface area contributed by atoms with Crippen LogP contribution in [0, 0.1) is 0 Å². The van der Waals surface area contributed by atoms with Crippen molar-refractivity contribution in [1.29, 1.82) is 0 Å². The molecule has 1 heterocycles. The van der Waals surface area contributed by atoms with Crippen molar-refractivity contribution in [1.82, 2.24) is 9.69 Å². The Bertz CT molecular complexity index is 1230. The zero-order valence-electron chi connectivity index (χ0n) is 19.7. The molecule has 0 aliphatic heterocycles. The van der Waals surface area contributed by atoms with E-state index in [2.05, 4.69) is 9.69 Å². The van der Waals surface area contributed by atoms with Gasteiger partial charge in [0.05, 0.1) is 12.8 Å². The lowest BCUT2D eigenvalue weighted by Crippen LogP contribution is -2.49. The molecule has 0 radical (unpaired) electrons. The third kappa shape index (κ3) is 5.69. The van der Waals surface area contributed by atoms with Crippen LogP contribution < -0.4 is 26.4 Å². The minimum absolute atomic E-state index is 0.00357. The number of benzene rings is 2. The molecule has 1 unspecified atom stereocenters. The number of amides is 3. The second-order valence-electron chi connectivity index (χ2n) is 8.74. The predicted molar refractivity (Wildman–Crippen MR) is 134 cm³/mol. The summed E-state index contributed by atoms with van der Waals surface area (Å²) >= 11 is 0.720. The van der Waals surface area contributed by atoms with Crippen LogP contribution in [0.15, 0.2) is 48.5 Å². The first kappa shape index (κ1) is 25.5. The third-order valence-corrected chi connectivity index (χ3v) is 5.79. The van der Waals surface area contributed by atoms with Gasteiger partial charge in [-0.25, -0.2) is 0 Å². The third-order valence-electron chi connectivity index (χ3n) is 4.94. The monoisotopic (exact) mass is 497 g/mol. The number of rotatable bonds is 7. The summed E-state index contributed by atoms with van der Waals surface area (Å²) < 4.78 is 9.15. The van der Waals surface area contributed by atoms with Crippen LogP contribution in [-0.4, -0.2) is 39.9 Å². The smallest absolute Gasteiger partial charge is 0.273 e. The van der Waals surface area contributed by atoms with Gasteiger partial charge in [-0.3, -0.25) is 19.3 Å². The first-order chi connectivity index (χ1) is 16.4. The van der Waals surface area contributed by atoms with Gasteiger partial charge in [0.25, 0.3) is 11.8 Å². The van der Waals surface area contributed by atoms with Crippen LogP contribution >= 0.6 is 11.5 Å². The molecule has 6 N–H and O–H groups in total.